The Bertz CT molecular complexity index is 663. The lowest BCUT2D eigenvalue weighted by molar-refractivity contribution is -0.123. The minimum atomic E-state index is -0.144. The standard InChI is InChI=1S/C21H27NO3/c1-5-24-19-12-8-18(9-13-19)16(4)22-21(23)14-25-20-10-6-17(7-11-20)15(2)3/h6-13,15-16H,5,14H2,1-4H3,(H,22,23)/t16-/m1/s1. The van der Waals surface area contributed by atoms with Gasteiger partial charge in [-0.05, 0) is 55.2 Å². The molecule has 4 nitrogen and oxygen atoms in total. The van der Waals surface area contributed by atoms with Crippen LogP contribution in [0.5, 0.6) is 11.5 Å². The molecule has 0 radical (unpaired) electrons. The minimum Gasteiger partial charge on any atom is -0.494 e. The summed E-state index contributed by atoms with van der Waals surface area (Å²) in [6.45, 7) is 8.83. The molecule has 0 heterocycles. The zero-order valence-corrected chi connectivity index (χ0v) is 15.4. The van der Waals surface area contributed by atoms with E-state index in [2.05, 4.69) is 19.2 Å². The third-order valence-electron chi connectivity index (χ3n) is 3.99. The van der Waals surface area contributed by atoms with E-state index in [1.165, 1.54) is 5.56 Å². The van der Waals surface area contributed by atoms with E-state index in [4.69, 9.17) is 9.47 Å². The molecule has 2 aromatic carbocycles. The molecule has 0 aliphatic heterocycles. The van der Waals surface area contributed by atoms with Crippen LogP contribution in [0.15, 0.2) is 48.5 Å². The normalized spacial score (nSPS) is 11.9. The van der Waals surface area contributed by atoms with Crippen molar-refractivity contribution in [3.05, 3.63) is 59.7 Å². The van der Waals surface area contributed by atoms with Crippen molar-refractivity contribution < 1.29 is 14.3 Å². The summed E-state index contributed by atoms with van der Waals surface area (Å²) in [5.74, 6) is 1.87. The number of carbonyl (C=O) groups is 1. The molecular weight excluding hydrogens is 314 g/mol. The number of carbonyl (C=O) groups excluding carboxylic acids is 1. The zero-order chi connectivity index (χ0) is 18.2. The van der Waals surface area contributed by atoms with Gasteiger partial charge in [0.15, 0.2) is 6.61 Å². The summed E-state index contributed by atoms with van der Waals surface area (Å²) in [5.41, 5.74) is 2.28. The smallest absolute Gasteiger partial charge is 0.258 e. The molecule has 4 heteroatoms. The van der Waals surface area contributed by atoms with E-state index in [-0.39, 0.29) is 18.6 Å². The van der Waals surface area contributed by atoms with Gasteiger partial charge in [-0.3, -0.25) is 4.79 Å². The molecule has 0 saturated carbocycles. The van der Waals surface area contributed by atoms with Crippen LogP contribution in [-0.4, -0.2) is 19.1 Å². The molecule has 0 fully saturated rings. The Morgan fingerprint density at radius 3 is 1.92 bits per heavy atom. The quantitative estimate of drug-likeness (QED) is 0.771. The molecule has 0 aliphatic rings. The van der Waals surface area contributed by atoms with E-state index in [1.807, 2.05) is 62.4 Å². The third-order valence-corrected chi connectivity index (χ3v) is 3.99. The van der Waals surface area contributed by atoms with Gasteiger partial charge in [-0.25, -0.2) is 0 Å². The van der Waals surface area contributed by atoms with Crippen LogP contribution >= 0.6 is 0 Å². The third kappa shape index (κ3) is 5.82. The fraction of sp³-hybridized carbons (Fsp3) is 0.381. The molecule has 0 aromatic heterocycles. The van der Waals surface area contributed by atoms with Crippen LogP contribution in [0, 0.1) is 0 Å². The van der Waals surface area contributed by atoms with Gasteiger partial charge in [0, 0.05) is 0 Å². The van der Waals surface area contributed by atoms with Crippen molar-refractivity contribution in [3.8, 4) is 11.5 Å². The molecule has 2 rings (SSSR count). The highest BCUT2D eigenvalue weighted by molar-refractivity contribution is 5.78. The van der Waals surface area contributed by atoms with Gasteiger partial charge < -0.3 is 14.8 Å². The van der Waals surface area contributed by atoms with E-state index in [9.17, 15) is 4.79 Å². The summed E-state index contributed by atoms with van der Waals surface area (Å²) >= 11 is 0. The van der Waals surface area contributed by atoms with Crippen molar-refractivity contribution in [2.45, 2.75) is 39.7 Å². The van der Waals surface area contributed by atoms with Gasteiger partial charge in [-0.1, -0.05) is 38.1 Å². The van der Waals surface area contributed by atoms with Crippen LogP contribution in [0.3, 0.4) is 0 Å². The number of amides is 1. The maximum atomic E-state index is 12.1. The fourth-order valence-corrected chi connectivity index (χ4v) is 2.48. The first-order valence-electron chi connectivity index (χ1n) is 8.74. The molecule has 0 spiro atoms. The summed E-state index contributed by atoms with van der Waals surface area (Å²) in [5, 5.41) is 2.94. The second-order valence-corrected chi connectivity index (χ2v) is 6.30. The molecule has 1 amide bonds. The van der Waals surface area contributed by atoms with Crippen LogP contribution in [0.4, 0.5) is 0 Å². The maximum Gasteiger partial charge on any atom is 0.258 e. The van der Waals surface area contributed by atoms with Gasteiger partial charge >= 0.3 is 0 Å². The summed E-state index contributed by atoms with van der Waals surface area (Å²) in [6, 6.07) is 15.5. The lowest BCUT2D eigenvalue weighted by Crippen LogP contribution is -2.31. The Balaban J connectivity index is 1.82. The van der Waals surface area contributed by atoms with Crippen LogP contribution in [0.1, 0.15) is 50.8 Å². The summed E-state index contributed by atoms with van der Waals surface area (Å²) in [7, 11) is 0. The molecule has 2 aromatic rings. The van der Waals surface area contributed by atoms with Crippen LogP contribution < -0.4 is 14.8 Å². The number of benzene rings is 2. The van der Waals surface area contributed by atoms with Crippen molar-refractivity contribution in [1.29, 1.82) is 0 Å². The van der Waals surface area contributed by atoms with Crippen molar-refractivity contribution in [3.63, 3.8) is 0 Å². The minimum absolute atomic E-state index is 0.00238. The van der Waals surface area contributed by atoms with E-state index in [0.717, 1.165) is 11.3 Å². The highest BCUT2D eigenvalue weighted by Crippen LogP contribution is 2.19. The Hall–Kier alpha value is -2.49. The first-order chi connectivity index (χ1) is 12.0. The SMILES string of the molecule is CCOc1ccc([C@@H](C)NC(=O)COc2ccc(C(C)C)cc2)cc1. The van der Waals surface area contributed by atoms with Crippen molar-refractivity contribution >= 4 is 5.91 Å². The molecular formula is C21H27NO3. The Morgan fingerprint density at radius 2 is 1.40 bits per heavy atom. The van der Waals surface area contributed by atoms with Gasteiger partial charge in [0.2, 0.25) is 0 Å². The summed E-state index contributed by atoms with van der Waals surface area (Å²) in [6.07, 6.45) is 0. The van der Waals surface area contributed by atoms with Gasteiger partial charge in [0.25, 0.3) is 5.91 Å². The predicted molar refractivity (Wildman–Crippen MR) is 100 cm³/mol. The lowest BCUT2D eigenvalue weighted by atomic mass is 10.0. The van der Waals surface area contributed by atoms with Crippen molar-refractivity contribution in [1.82, 2.24) is 5.32 Å². The van der Waals surface area contributed by atoms with E-state index < -0.39 is 0 Å². The molecule has 0 bridgehead atoms. The molecule has 134 valence electrons. The second-order valence-electron chi connectivity index (χ2n) is 6.30. The topological polar surface area (TPSA) is 47.6 Å². The van der Waals surface area contributed by atoms with Crippen LogP contribution in [0.25, 0.3) is 0 Å². The summed E-state index contributed by atoms with van der Waals surface area (Å²) in [4.78, 5) is 12.1. The highest BCUT2D eigenvalue weighted by Gasteiger charge is 2.10. The number of rotatable bonds is 8. The van der Waals surface area contributed by atoms with Crippen molar-refractivity contribution in [2.24, 2.45) is 0 Å². The number of nitrogens with one attached hydrogen (secondary N) is 1. The average Bonchev–Trinajstić information content (AvgIpc) is 2.61. The van der Waals surface area contributed by atoms with Gasteiger partial charge in [-0.2, -0.15) is 0 Å². The lowest BCUT2D eigenvalue weighted by Gasteiger charge is -2.15. The Morgan fingerprint density at radius 1 is 0.880 bits per heavy atom. The number of hydrogen-bond acceptors (Lipinski definition) is 3. The van der Waals surface area contributed by atoms with Crippen molar-refractivity contribution in [2.75, 3.05) is 13.2 Å². The van der Waals surface area contributed by atoms with Crippen LogP contribution in [0.2, 0.25) is 0 Å². The Labute approximate surface area is 150 Å². The number of ether oxygens (including phenoxy) is 2. The zero-order valence-electron chi connectivity index (χ0n) is 15.4. The monoisotopic (exact) mass is 341 g/mol. The molecule has 0 unspecified atom stereocenters. The van der Waals surface area contributed by atoms with Gasteiger partial charge in [0.05, 0.1) is 12.6 Å². The second kappa shape index (κ2) is 9.11. The predicted octanol–water partition coefficient (Wildman–Crippen LogP) is 4.46. The van der Waals surface area contributed by atoms with E-state index in [1.54, 1.807) is 0 Å². The highest BCUT2D eigenvalue weighted by atomic mass is 16.5. The molecule has 25 heavy (non-hydrogen) atoms. The Kier molecular flexibility index (Phi) is 6.87. The molecule has 0 aliphatic carbocycles. The molecule has 1 atom stereocenters. The van der Waals surface area contributed by atoms with E-state index >= 15 is 0 Å². The van der Waals surface area contributed by atoms with E-state index in [0.29, 0.717) is 18.3 Å². The fourth-order valence-electron chi connectivity index (χ4n) is 2.48. The maximum absolute atomic E-state index is 12.1. The van der Waals surface area contributed by atoms with Crippen LogP contribution in [-0.2, 0) is 4.79 Å². The number of hydrogen-bond donors (Lipinski definition) is 1. The van der Waals surface area contributed by atoms with Gasteiger partial charge in [0.1, 0.15) is 11.5 Å². The first-order valence-corrected chi connectivity index (χ1v) is 8.74. The first kappa shape index (κ1) is 18.8. The molecule has 1 N–H and O–H groups in total. The van der Waals surface area contributed by atoms with Gasteiger partial charge in [-0.15, -0.1) is 0 Å². The summed E-state index contributed by atoms with van der Waals surface area (Å²) < 4.78 is 11.0. The largest absolute Gasteiger partial charge is 0.494 e. The average molecular weight is 341 g/mol. The molecule has 0 saturated heterocycles.